The fraction of sp³-hybridized carbons (Fsp3) is 0.174. The molecular weight excluding hydrogens is 527 g/mol. The molecule has 0 fully saturated rings. The van der Waals surface area contributed by atoms with Gasteiger partial charge in [0.1, 0.15) is 17.7 Å². The van der Waals surface area contributed by atoms with Gasteiger partial charge in [0.15, 0.2) is 19.4 Å². The van der Waals surface area contributed by atoms with Gasteiger partial charge in [0, 0.05) is 26.0 Å². The molecule has 0 unspecified atom stereocenters. The van der Waals surface area contributed by atoms with Crippen LogP contribution in [0.4, 0.5) is 22.7 Å². The Hall–Kier alpha value is -4.13. The van der Waals surface area contributed by atoms with E-state index in [1.54, 1.807) is 0 Å². The molecule has 0 aliphatic carbocycles. The van der Waals surface area contributed by atoms with E-state index in [1.165, 1.54) is 56.9 Å². The topological polar surface area (TPSA) is 169 Å². The van der Waals surface area contributed by atoms with E-state index in [-0.39, 0.29) is 73.7 Å². The Morgan fingerprint density at radius 2 is 1.19 bits per heavy atom. The number of anilines is 4. The first-order chi connectivity index (χ1) is 17.4. The Morgan fingerprint density at radius 1 is 0.757 bits per heavy atom. The van der Waals surface area contributed by atoms with Gasteiger partial charge in [-0.15, -0.1) is 0 Å². The van der Waals surface area contributed by atoms with Crippen LogP contribution in [0.3, 0.4) is 0 Å². The average Bonchev–Trinajstić information content (AvgIpc) is 3.21. The first-order valence-corrected chi connectivity index (χ1v) is 11.4. The highest BCUT2D eigenvalue weighted by Gasteiger charge is 2.33. The van der Waals surface area contributed by atoms with Gasteiger partial charge in [0.05, 0.1) is 39.0 Å². The third-order valence-electron chi connectivity index (χ3n) is 4.96. The van der Waals surface area contributed by atoms with Crippen LogP contribution in [0.1, 0.15) is 13.8 Å². The smallest absolute Gasteiger partial charge is 0.280 e. The van der Waals surface area contributed by atoms with E-state index in [0.29, 0.717) is 0 Å². The number of hydrogen-bond acceptors (Lipinski definition) is 7. The maximum Gasteiger partial charge on any atom is 0.280 e. The second kappa shape index (κ2) is 11.3. The lowest BCUT2D eigenvalue weighted by atomic mass is 10.2. The fourth-order valence-electron chi connectivity index (χ4n) is 3.43. The number of halogens is 2. The number of nitrogens with zero attached hydrogens (tertiary/aromatic N) is 2. The van der Waals surface area contributed by atoms with Gasteiger partial charge in [-0.1, -0.05) is 23.2 Å². The van der Waals surface area contributed by atoms with Crippen LogP contribution in [-0.2, 0) is 19.2 Å². The summed E-state index contributed by atoms with van der Waals surface area (Å²) in [4.78, 5) is 52.1. The van der Waals surface area contributed by atoms with Crippen molar-refractivity contribution in [2.24, 2.45) is 4.99 Å². The molecule has 0 saturated carbocycles. The molecule has 12 nitrogen and oxygen atoms in total. The summed E-state index contributed by atoms with van der Waals surface area (Å²) in [6.07, 6.45) is 4.34. The van der Waals surface area contributed by atoms with E-state index in [9.17, 15) is 29.4 Å². The lowest BCUT2D eigenvalue weighted by molar-refractivity contribution is -0.760. The second-order valence-electron chi connectivity index (χ2n) is 8.14. The molecule has 2 aromatic rings. The standard InChI is InChI=1S/C23H22Cl2N6O6/c1-12(32)27-16-7-20(34)18(5-14(16)24)29-22(36)9-31(4-3-26-11-31)10-23(37)30-19-6-15(25)17(8-21(19)35)28-13(2)33/h3-8,11H,9-10H2,1-2H3,(H5-,27,28,29,30,32,33,34,35,36,37)/p+1. The largest absolute Gasteiger partial charge is 0.506 e. The highest BCUT2D eigenvalue weighted by atomic mass is 35.5. The van der Waals surface area contributed by atoms with Gasteiger partial charge in [-0.2, -0.15) is 0 Å². The highest BCUT2D eigenvalue weighted by Crippen LogP contribution is 2.35. The predicted octanol–water partition coefficient (Wildman–Crippen LogP) is 3.23. The zero-order valence-electron chi connectivity index (χ0n) is 19.6. The number of quaternary nitrogens is 1. The summed E-state index contributed by atoms with van der Waals surface area (Å²) in [5.74, 6) is -2.58. The molecule has 194 valence electrons. The van der Waals surface area contributed by atoms with Gasteiger partial charge in [-0.25, -0.2) is 9.48 Å². The van der Waals surface area contributed by atoms with Gasteiger partial charge in [0.2, 0.25) is 11.8 Å². The minimum Gasteiger partial charge on any atom is -0.506 e. The Balaban J connectivity index is 1.70. The molecule has 0 radical (unpaired) electrons. The van der Waals surface area contributed by atoms with Gasteiger partial charge in [-0.05, 0) is 12.1 Å². The summed E-state index contributed by atoms with van der Waals surface area (Å²) in [5, 5.41) is 30.6. The van der Waals surface area contributed by atoms with Crippen molar-refractivity contribution in [3.05, 3.63) is 46.7 Å². The molecule has 2 aromatic carbocycles. The Kier molecular flexibility index (Phi) is 8.38. The molecule has 4 amide bonds. The van der Waals surface area contributed by atoms with E-state index >= 15 is 0 Å². The highest BCUT2D eigenvalue weighted by molar-refractivity contribution is 6.34. The van der Waals surface area contributed by atoms with Gasteiger partial charge in [0.25, 0.3) is 11.8 Å². The third-order valence-corrected chi connectivity index (χ3v) is 5.59. The molecule has 14 heteroatoms. The number of carbonyl (C=O) groups excluding carboxylic acids is 4. The van der Waals surface area contributed by atoms with Crippen molar-refractivity contribution in [1.82, 2.24) is 0 Å². The van der Waals surface area contributed by atoms with Crippen LogP contribution in [0, 0.1) is 0 Å². The monoisotopic (exact) mass is 549 g/mol. The average molecular weight is 550 g/mol. The molecule has 0 atom stereocenters. The number of amides is 4. The van der Waals surface area contributed by atoms with Crippen molar-refractivity contribution in [1.29, 1.82) is 0 Å². The van der Waals surface area contributed by atoms with Gasteiger partial charge >= 0.3 is 0 Å². The molecule has 6 N–H and O–H groups in total. The summed E-state index contributed by atoms with van der Waals surface area (Å²) in [6.45, 7) is 2.02. The minimum absolute atomic E-state index is 0.00523. The van der Waals surface area contributed by atoms with E-state index < -0.39 is 11.8 Å². The number of phenols is 2. The molecule has 1 heterocycles. The molecule has 0 aromatic heterocycles. The van der Waals surface area contributed by atoms with Gasteiger partial charge in [-0.3, -0.25) is 19.2 Å². The number of hydrogen-bond donors (Lipinski definition) is 6. The lowest BCUT2D eigenvalue weighted by Gasteiger charge is -2.26. The van der Waals surface area contributed by atoms with E-state index in [0.717, 1.165) is 0 Å². The summed E-state index contributed by atoms with van der Waals surface area (Å²) in [7, 11) is 0. The molecule has 3 rings (SSSR count). The summed E-state index contributed by atoms with van der Waals surface area (Å²) in [6, 6.07) is 4.96. The van der Waals surface area contributed by atoms with Crippen molar-refractivity contribution in [2.45, 2.75) is 13.8 Å². The number of nitrogens with one attached hydrogen (secondary N) is 4. The number of aliphatic imine (C=N–C) groups is 1. The first-order valence-electron chi connectivity index (χ1n) is 10.7. The molecular formula is C23H23Cl2N6O6+. The quantitative estimate of drug-likeness (QED) is 0.218. The predicted molar refractivity (Wildman–Crippen MR) is 140 cm³/mol. The molecule has 0 spiro atoms. The number of carbonyl (C=O) groups is 4. The Labute approximate surface area is 221 Å². The lowest BCUT2D eigenvalue weighted by Crippen LogP contribution is -2.50. The zero-order chi connectivity index (χ0) is 27.3. The number of phenolic OH excluding ortho intramolecular Hbond substituents is 2. The van der Waals surface area contributed by atoms with E-state index in [4.69, 9.17) is 23.2 Å². The SMILES string of the molecule is CC(=O)Nc1cc(O)c(NC(=O)C[N+]2(CC(=O)Nc3cc(Cl)c(NC(C)=O)cc3O)C=CN=C2)cc1Cl. The van der Waals surface area contributed by atoms with Crippen LogP contribution >= 0.6 is 23.2 Å². The Bertz CT molecular complexity index is 1240. The molecule has 37 heavy (non-hydrogen) atoms. The summed E-state index contributed by atoms with van der Waals surface area (Å²) < 4.78 is -0.297. The summed E-state index contributed by atoms with van der Waals surface area (Å²) >= 11 is 12.2. The number of aromatic hydroxyl groups is 2. The Morgan fingerprint density at radius 3 is 1.54 bits per heavy atom. The molecule has 0 bridgehead atoms. The van der Waals surface area contributed by atoms with Crippen molar-refractivity contribution in [3.63, 3.8) is 0 Å². The molecule has 1 aliphatic heterocycles. The van der Waals surface area contributed by atoms with Crippen molar-refractivity contribution in [3.8, 4) is 11.5 Å². The fourth-order valence-corrected chi connectivity index (χ4v) is 3.85. The van der Waals surface area contributed by atoms with Crippen molar-refractivity contribution < 1.29 is 33.9 Å². The first kappa shape index (κ1) is 27.5. The number of rotatable bonds is 8. The van der Waals surface area contributed by atoms with Crippen LogP contribution in [0.15, 0.2) is 41.7 Å². The minimum atomic E-state index is -0.574. The normalized spacial score (nSPS) is 13.2. The maximum atomic E-state index is 12.8. The second-order valence-corrected chi connectivity index (χ2v) is 8.95. The van der Waals surface area contributed by atoms with E-state index in [1.807, 2.05) is 0 Å². The van der Waals surface area contributed by atoms with Crippen LogP contribution in [0.5, 0.6) is 11.5 Å². The maximum absolute atomic E-state index is 12.8. The molecule has 1 aliphatic rings. The molecule has 0 saturated heterocycles. The third kappa shape index (κ3) is 7.19. The summed E-state index contributed by atoms with van der Waals surface area (Å²) in [5.41, 5.74) is 0.358. The van der Waals surface area contributed by atoms with Crippen LogP contribution in [0.25, 0.3) is 0 Å². The van der Waals surface area contributed by atoms with E-state index in [2.05, 4.69) is 26.3 Å². The van der Waals surface area contributed by atoms with Crippen molar-refractivity contribution in [2.75, 3.05) is 34.4 Å². The van der Waals surface area contributed by atoms with Crippen LogP contribution in [0.2, 0.25) is 10.0 Å². The van der Waals surface area contributed by atoms with Crippen molar-refractivity contribution >= 4 is 75.9 Å². The van der Waals surface area contributed by atoms with Crippen LogP contribution in [-0.4, -0.2) is 57.8 Å². The zero-order valence-corrected chi connectivity index (χ0v) is 21.1. The number of benzene rings is 2. The van der Waals surface area contributed by atoms with Gasteiger partial charge < -0.3 is 31.5 Å². The van der Waals surface area contributed by atoms with Crippen LogP contribution < -0.4 is 21.3 Å².